The molecule has 0 aliphatic carbocycles. The van der Waals surface area contributed by atoms with Crippen molar-refractivity contribution in [1.29, 1.82) is 0 Å². The van der Waals surface area contributed by atoms with E-state index in [4.69, 9.17) is 24.2 Å². The third-order valence-corrected chi connectivity index (χ3v) is 9.15. The Balaban J connectivity index is 1.23. The number of aliphatic hydroxyl groups excluding tert-OH is 1. The van der Waals surface area contributed by atoms with Gasteiger partial charge in [0.25, 0.3) is 5.89 Å². The van der Waals surface area contributed by atoms with E-state index in [9.17, 15) is 9.90 Å². The monoisotopic (exact) mass is 582 g/mol. The fraction of sp³-hybridized carbons (Fsp3) is 0.419. The number of benzene rings is 1. The minimum absolute atomic E-state index is 0.0613. The molecule has 4 aliphatic rings. The molecule has 4 aliphatic heterocycles. The summed E-state index contributed by atoms with van der Waals surface area (Å²) in [6.07, 6.45) is 4.40. The molecule has 12 heteroatoms. The van der Waals surface area contributed by atoms with Crippen molar-refractivity contribution in [2.24, 2.45) is 0 Å². The van der Waals surface area contributed by atoms with Crippen molar-refractivity contribution in [3.05, 3.63) is 71.3 Å². The lowest BCUT2D eigenvalue weighted by atomic mass is 9.71. The number of rotatable bonds is 8. The standard InChI is InChI=1S/C31H34N8O4/c1-18-19(2)42-28(41)21-8-9-24(34-25(18)21)35-30-32-16-22(26(36-30)33-23(17-40)20-6-4-3-5-7-20)27-37-29(38-43-27)31-10-13-39(14-11-31)15-12-31/h3-9,16,18-19,23,40H,10-15,17H2,1-2H3,(H2,32,33,34,35,36)/t18?,19?,23-/m1/s1. The maximum Gasteiger partial charge on any atom is 0.340 e. The third kappa shape index (κ3) is 5.10. The first-order chi connectivity index (χ1) is 20.9. The molecule has 8 rings (SSSR count). The van der Waals surface area contributed by atoms with Crippen LogP contribution in [0.25, 0.3) is 11.5 Å². The lowest BCUT2D eigenvalue weighted by Crippen LogP contribution is -2.51. The van der Waals surface area contributed by atoms with Gasteiger partial charge in [-0.1, -0.05) is 42.4 Å². The van der Waals surface area contributed by atoms with Crippen LogP contribution in [0.2, 0.25) is 0 Å². The van der Waals surface area contributed by atoms with Gasteiger partial charge in [0.05, 0.1) is 23.9 Å². The highest BCUT2D eigenvalue weighted by Gasteiger charge is 2.44. The Morgan fingerprint density at radius 2 is 1.79 bits per heavy atom. The molecule has 3 N–H and O–H groups in total. The van der Waals surface area contributed by atoms with Crippen LogP contribution in [0.4, 0.5) is 17.6 Å². The molecule has 2 bridgehead atoms. The van der Waals surface area contributed by atoms with Crippen LogP contribution in [0.5, 0.6) is 0 Å². The third-order valence-electron chi connectivity index (χ3n) is 9.15. The van der Waals surface area contributed by atoms with Crippen LogP contribution in [0.3, 0.4) is 0 Å². The molecular weight excluding hydrogens is 548 g/mol. The fourth-order valence-electron chi connectivity index (χ4n) is 6.24. The van der Waals surface area contributed by atoms with Crippen LogP contribution < -0.4 is 10.6 Å². The van der Waals surface area contributed by atoms with Crippen molar-refractivity contribution < 1.29 is 19.2 Å². The predicted octanol–water partition coefficient (Wildman–Crippen LogP) is 4.21. The van der Waals surface area contributed by atoms with Gasteiger partial charge >= 0.3 is 5.97 Å². The van der Waals surface area contributed by atoms with Crippen LogP contribution in [-0.2, 0) is 10.2 Å². The second-order valence-corrected chi connectivity index (χ2v) is 11.7. The average Bonchev–Trinajstić information content (AvgIpc) is 3.55. The quantitative estimate of drug-likeness (QED) is 0.255. The Bertz CT molecular complexity index is 1620. The van der Waals surface area contributed by atoms with Gasteiger partial charge in [-0.3, -0.25) is 0 Å². The van der Waals surface area contributed by atoms with E-state index < -0.39 is 6.04 Å². The van der Waals surface area contributed by atoms with Gasteiger partial charge in [0, 0.05) is 17.5 Å². The average molecular weight is 583 g/mol. The highest BCUT2D eigenvalue weighted by atomic mass is 16.5. The number of piperidine rings is 3. The zero-order valence-electron chi connectivity index (χ0n) is 24.2. The van der Waals surface area contributed by atoms with E-state index in [1.807, 2.05) is 44.2 Å². The summed E-state index contributed by atoms with van der Waals surface area (Å²) in [6.45, 7) is 6.81. The summed E-state index contributed by atoms with van der Waals surface area (Å²) < 4.78 is 11.2. The lowest BCUT2D eigenvalue weighted by molar-refractivity contribution is 0.0235. The number of carbonyl (C=O) groups excluding carboxylic acids is 1. The Kier molecular flexibility index (Phi) is 7.02. The summed E-state index contributed by atoms with van der Waals surface area (Å²) in [4.78, 5) is 33.7. The summed E-state index contributed by atoms with van der Waals surface area (Å²) in [6, 6.07) is 12.6. The number of pyridine rings is 1. The van der Waals surface area contributed by atoms with Crippen LogP contribution in [0, 0.1) is 0 Å². The highest BCUT2D eigenvalue weighted by molar-refractivity contribution is 5.92. The zero-order chi connectivity index (χ0) is 29.6. The Morgan fingerprint density at radius 1 is 1.02 bits per heavy atom. The summed E-state index contributed by atoms with van der Waals surface area (Å²) >= 11 is 0. The van der Waals surface area contributed by atoms with E-state index in [1.165, 1.54) is 0 Å². The fourth-order valence-corrected chi connectivity index (χ4v) is 6.24. The molecule has 7 heterocycles. The van der Waals surface area contributed by atoms with E-state index in [1.54, 1.807) is 18.3 Å². The number of esters is 1. The van der Waals surface area contributed by atoms with Gasteiger partial charge in [0.2, 0.25) is 5.95 Å². The molecule has 2 unspecified atom stereocenters. The first-order valence-corrected chi connectivity index (χ1v) is 14.8. The van der Waals surface area contributed by atoms with Gasteiger partial charge in [-0.05, 0) is 63.5 Å². The number of ether oxygens (including phenoxy) is 1. The maximum atomic E-state index is 12.4. The largest absolute Gasteiger partial charge is 0.458 e. The second-order valence-electron chi connectivity index (χ2n) is 11.7. The van der Waals surface area contributed by atoms with E-state index in [-0.39, 0.29) is 36.0 Å². The van der Waals surface area contributed by atoms with Crippen LogP contribution >= 0.6 is 0 Å². The first-order valence-electron chi connectivity index (χ1n) is 14.8. The number of nitrogens with one attached hydrogen (secondary N) is 2. The zero-order valence-corrected chi connectivity index (χ0v) is 24.2. The summed E-state index contributed by atoms with van der Waals surface area (Å²) in [5, 5.41) is 21.3. The van der Waals surface area contributed by atoms with Gasteiger partial charge in [-0.15, -0.1) is 0 Å². The topological polar surface area (TPSA) is 151 Å². The molecule has 43 heavy (non-hydrogen) atoms. The summed E-state index contributed by atoms with van der Waals surface area (Å²) in [7, 11) is 0. The molecule has 3 fully saturated rings. The van der Waals surface area contributed by atoms with Crippen molar-refractivity contribution >= 4 is 23.6 Å². The molecular formula is C31H34N8O4. The van der Waals surface area contributed by atoms with Crippen LogP contribution in [0.15, 0.2) is 53.2 Å². The van der Waals surface area contributed by atoms with Crippen LogP contribution in [-0.4, -0.2) is 73.4 Å². The first kappa shape index (κ1) is 27.4. The number of nitrogens with zero attached hydrogens (tertiary/aromatic N) is 6. The summed E-state index contributed by atoms with van der Waals surface area (Å²) in [5.41, 5.74) is 2.49. The molecule has 1 aromatic carbocycles. The minimum atomic E-state index is -0.443. The van der Waals surface area contributed by atoms with Crippen molar-refractivity contribution in [3.63, 3.8) is 0 Å². The molecule has 0 saturated carbocycles. The molecule has 3 atom stereocenters. The smallest absolute Gasteiger partial charge is 0.340 e. The van der Waals surface area contributed by atoms with E-state index in [0.29, 0.717) is 34.3 Å². The number of anilines is 3. The molecule has 0 spiro atoms. The number of cyclic esters (lactones) is 1. The van der Waals surface area contributed by atoms with Crippen molar-refractivity contribution in [2.45, 2.75) is 56.6 Å². The Morgan fingerprint density at radius 3 is 2.53 bits per heavy atom. The van der Waals surface area contributed by atoms with Crippen molar-refractivity contribution in [1.82, 2.24) is 30.0 Å². The lowest BCUT2D eigenvalue weighted by Gasteiger charge is -2.46. The number of hydrogen-bond donors (Lipinski definition) is 3. The molecule has 0 radical (unpaired) electrons. The Hall–Kier alpha value is -4.42. The maximum absolute atomic E-state index is 12.4. The van der Waals surface area contributed by atoms with E-state index >= 15 is 0 Å². The SMILES string of the molecule is CC1OC(=O)c2ccc(Nc3ncc(-c4nc(C56CCN(CC5)CC6)no4)c(N[C@H](CO)c4ccccc4)n3)nc2C1C. The van der Waals surface area contributed by atoms with E-state index in [2.05, 4.69) is 25.7 Å². The molecule has 222 valence electrons. The summed E-state index contributed by atoms with van der Waals surface area (Å²) in [5.74, 6) is 1.82. The van der Waals surface area contributed by atoms with Crippen molar-refractivity contribution in [2.75, 3.05) is 36.9 Å². The van der Waals surface area contributed by atoms with Gasteiger partial charge in [0.1, 0.15) is 23.3 Å². The predicted molar refractivity (Wildman–Crippen MR) is 158 cm³/mol. The number of carbonyl (C=O) groups is 1. The molecule has 4 aromatic rings. The van der Waals surface area contributed by atoms with Gasteiger partial charge in [-0.25, -0.2) is 14.8 Å². The van der Waals surface area contributed by atoms with Gasteiger partial charge in [-0.2, -0.15) is 9.97 Å². The highest BCUT2D eigenvalue weighted by Crippen LogP contribution is 2.42. The second kappa shape index (κ2) is 11.0. The molecule has 12 nitrogen and oxygen atoms in total. The van der Waals surface area contributed by atoms with Crippen LogP contribution in [0.1, 0.15) is 72.5 Å². The van der Waals surface area contributed by atoms with E-state index in [0.717, 1.165) is 50.3 Å². The number of aliphatic hydroxyl groups is 1. The molecule has 3 saturated heterocycles. The number of fused-ring (bicyclic) bond motifs is 4. The van der Waals surface area contributed by atoms with Gasteiger partial charge in [0.15, 0.2) is 5.82 Å². The minimum Gasteiger partial charge on any atom is -0.458 e. The molecule has 3 aromatic heterocycles. The van der Waals surface area contributed by atoms with Crippen molar-refractivity contribution in [3.8, 4) is 11.5 Å². The Labute approximate surface area is 248 Å². The number of hydrogen-bond acceptors (Lipinski definition) is 12. The normalized spacial score (nSPS) is 25.1. The van der Waals surface area contributed by atoms with Gasteiger partial charge < -0.3 is 29.9 Å². The molecule has 0 amide bonds. The number of aromatic nitrogens is 5.